The van der Waals surface area contributed by atoms with Gasteiger partial charge in [0.2, 0.25) is 0 Å². The van der Waals surface area contributed by atoms with Crippen molar-refractivity contribution in [1.82, 2.24) is 15.0 Å². The fourth-order valence-electron chi connectivity index (χ4n) is 2.38. The SMILES string of the molecule is NCCC1CCCC(n2nccn2)C1. The zero-order valence-electron chi connectivity index (χ0n) is 8.47. The van der Waals surface area contributed by atoms with Crippen LogP contribution in [0.3, 0.4) is 0 Å². The van der Waals surface area contributed by atoms with E-state index in [0.717, 1.165) is 18.9 Å². The molecule has 0 saturated heterocycles. The summed E-state index contributed by atoms with van der Waals surface area (Å²) >= 11 is 0. The predicted molar refractivity (Wildman–Crippen MR) is 54.7 cm³/mol. The van der Waals surface area contributed by atoms with E-state index in [0.29, 0.717) is 6.04 Å². The van der Waals surface area contributed by atoms with E-state index < -0.39 is 0 Å². The van der Waals surface area contributed by atoms with E-state index in [9.17, 15) is 0 Å². The first kappa shape index (κ1) is 9.65. The molecule has 0 spiro atoms. The molecule has 14 heavy (non-hydrogen) atoms. The molecule has 1 aliphatic rings. The van der Waals surface area contributed by atoms with Gasteiger partial charge in [-0.3, -0.25) is 0 Å². The highest BCUT2D eigenvalue weighted by Crippen LogP contribution is 2.32. The minimum Gasteiger partial charge on any atom is -0.330 e. The molecule has 0 radical (unpaired) electrons. The minimum absolute atomic E-state index is 0.510. The van der Waals surface area contributed by atoms with E-state index in [1.807, 2.05) is 4.80 Å². The van der Waals surface area contributed by atoms with Crippen LogP contribution in [0.15, 0.2) is 12.4 Å². The topological polar surface area (TPSA) is 56.7 Å². The van der Waals surface area contributed by atoms with Gasteiger partial charge < -0.3 is 5.73 Å². The summed E-state index contributed by atoms with van der Waals surface area (Å²) in [5.74, 6) is 0.782. The zero-order valence-corrected chi connectivity index (χ0v) is 8.47. The van der Waals surface area contributed by atoms with Crippen molar-refractivity contribution < 1.29 is 0 Å². The maximum absolute atomic E-state index is 5.59. The molecule has 1 fully saturated rings. The van der Waals surface area contributed by atoms with Crippen molar-refractivity contribution in [2.75, 3.05) is 6.54 Å². The number of hydrogen-bond acceptors (Lipinski definition) is 3. The van der Waals surface area contributed by atoms with E-state index in [4.69, 9.17) is 5.73 Å². The first-order chi connectivity index (χ1) is 6.90. The Morgan fingerprint density at radius 2 is 2.07 bits per heavy atom. The maximum atomic E-state index is 5.59. The first-order valence-electron chi connectivity index (χ1n) is 5.46. The second-order valence-electron chi connectivity index (χ2n) is 4.11. The molecule has 1 aromatic rings. The van der Waals surface area contributed by atoms with Crippen molar-refractivity contribution in [3.8, 4) is 0 Å². The van der Waals surface area contributed by atoms with Crippen LogP contribution >= 0.6 is 0 Å². The Balaban J connectivity index is 1.94. The molecule has 2 N–H and O–H groups in total. The van der Waals surface area contributed by atoms with Gasteiger partial charge in [0, 0.05) is 0 Å². The number of rotatable bonds is 3. The quantitative estimate of drug-likeness (QED) is 0.790. The molecule has 2 atom stereocenters. The molecular formula is C10H18N4. The minimum atomic E-state index is 0.510. The second-order valence-corrected chi connectivity index (χ2v) is 4.11. The normalized spacial score (nSPS) is 27.8. The molecule has 2 rings (SSSR count). The van der Waals surface area contributed by atoms with Crippen LogP contribution in [0.25, 0.3) is 0 Å². The lowest BCUT2D eigenvalue weighted by atomic mass is 9.84. The maximum Gasteiger partial charge on any atom is 0.0719 e. The monoisotopic (exact) mass is 194 g/mol. The van der Waals surface area contributed by atoms with Crippen LogP contribution in [0.1, 0.15) is 38.1 Å². The summed E-state index contributed by atoms with van der Waals surface area (Å²) in [6.45, 7) is 0.809. The molecule has 78 valence electrons. The largest absolute Gasteiger partial charge is 0.330 e. The number of hydrogen-bond donors (Lipinski definition) is 1. The van der Waals surface area contributed by atoms with Crippen LogP contribution in [-0.2, 0) is 0 Å². The molecule has 2 unspecified atom stereocenters. The van der Waals surface area contributed by atoms with Crippen LogP contribution in [0, 0.1) is 5.92 Å². The molecule has 1 heterocycles. The standard InChI is InChI=1S/C10H18N4/c11-5-4-9-2-1-3-10(8-9)14-12-6-7-13-14/h6-7,9-10H,1-5,8,11H2. The van der Waals surface area contributed by atoms with Crippen molar-refractivity contribution in [2.24, 2.45) is 11.7 Å². The Morgan fingerprint density at radius 1 is 1.29 bits per heavy atom. The lowest BCUT2D eigenvalue weighted by Gasteiger charge is -2.28. The number of aromatic nitrogens is 3. The highest BCUT2D eigenvalue weighted by molar-refractivity contribution is 4.76. The van der Waals surface area contributed by atoms with Gasteiger partial charge in [0.25, 0.3) is 0 Å². The predicted octanol–water partition coefficient (Wildman–Crippen LogP) is 1.36. The van der Waals surface area contributed by atoms with E-state index in [1.54, 1.807) is 12.4 Å². The summed E-state index contributed by atoms with van der Waals surface area (Å²) in [7, 11) is 0. The van der Waals surface area contributed by atoms with Gasteiger partial charge in [-0.2, -0.15) is 15.0 Å². The third kappa shape index (κ3) is 2.12. The van der Waals surface area contributed by atoms with Gasteiger partial charge in [0.15, 0.2) is 0 Å². The molecular weight excluding hydrogens is 176 g/mol. The van der Waals surface area contributed by atoms with Crippen molar-refractivity contribution >= 4 is 0 Å². The lowest BCUT2D eigenvalue weighted by molar-refractivity contribution is 0.228. The summed E-state index contributed by atoms with van der Waals surface area (Å²) < 4.78 is 0. The Labute approximate surface area is 84.5 Å². The summed E-state index contributed by atoms with van der Waals surface area (Å²) in [4.78, 5) is 1.86. The van der Waals surface area contributed by atoms with Crippen LogP contribution in [0.5, 0.6) is 0 Å². The van der Waals surface area contributed by atoms with E-state index in [-0.39, 0.29) is 0 Å². The Hall–Kier alpha value is -0.900. The van der Waals surface area contributed by atoms with Gasteiger partial charge in [-0.1, -0.05) is 12.8 Å². The van der Waals surface area contributed by atoms with Crippen LogP contribution in [0.4, 0.5) is 0 Å². The molecule has 0 amide bonds. The van der Waals surface area contributed by atoms with Gasteiger partial charge in [-0.25, -0.2) is 0 Å². The van der Waals surface area contributed by atoms with Crippen LogP contribution < -0.4 is 5.73 Å². The third-order valence-electron chi connectivity index (χ3n) is 3.09. The van der Waals surface area contributed by atoms with Gasteiger partial charge in [0.05, 0.1) is 18.4 Å². The molecule has 0 bridgehead atoms. The van der Waals surface area contributed by atoms with E-state index >= 15 is 0 Å². The molecule has 0 aliphatic heterocycles. The molecule has 0 aromatic carbocycles. The summed E-state index contributed by atoms with van der Waals surface area (Å²) in [6, 6.07) is 0.510. The van der Waals surface area contributed by atoms with E-state index in [2.05, 4.69) is 10.2 Å². The second kappa shape index (κ2) is 4.55. The van der Waals surface area contributed by atoms with Crippen LogP contribution in [0.2, 0.25) is 0 Å². The fraction of sp³-hybridized carbons (Fsp3) is 0.800. The summed E-state index contributed by atoms with van der Waals surface area (Å²) in [5, 5.41) is 8.42. The van der Waals surface area contributed by atoms with Crippen molar-refractivity contribution in [3.05, 3.63) is 12.4 Å². The molecule has 1 aromatic heterocycles. The summed E-state index contributed by atoms with van der Waals surface area (Å²) in [6.07, 6.45) is 9.70. The first-order valence-corrected chi connectivity index (χ1v) is 5.46. The highest BCUT2D eigenvalue weighted by Gasteiger charge is 2.23. The average molecular weight is 194 g/mol. The van der Waals surface area contributed by atoms with Gasteiger partial charge in [0.1, 0.15) is 0 Å². The number of nitrogens with two attached hydrogens (primary N) is 1. The van der Waals surface area contributed by atoms with Gasteiger partial charge in [-0.15, -0.1) is 0 Å². The number of nitrogens with zero attached hydrogens (tertiary/aromatic N) is 3. The van der Waals surface area contributed by atoms with Gasteiger partial charge in [-0.05, 0) is 31.7 Å². The molecule has 1 saturated carbocycles. The zero-order chi connectivity index (χ0) is 9.80. The van der Waals surface area contributed by atoms with Crippen molar-refractivity contribution in [2.45, 2.75) is 38.1 Å². The van der Waals surface area contributed by atoms with Crippen molar-refractivity contribution in [1.29, 1.82) is 0 Å². The van der Waals surface area contributed by atoms with Crippen molar-refractivity contribution in [3.63, 3.8) is 0 Å². The molecule has 1 aliphatic carbocycles. The Kier molecular flexibility index (Phi) is 3.14. The van der Waals surface area contributed by atoms with E-state index in [1.165, 1.54) is 25.7 Å². The molecule has 4 nitrogen and oxygen atoms in total. The average Bonchev–Trinajstić information content (AvgIpc) is 2.71. The Morgan fingerprint density at radius 3 is 2.79 bits per heavy atom. The fourth-order valence-corrected chi connectivity index (χ4v) is 2.38. The smallest absolute Gasteiger partial charge is 0.0719 e. The Bertz CT molecular complexity index is 255. The van der Waals surface area contributed by atoms with Crippen LogP contribution in [-0.4, -0.2) is 21.5 Å². The third-order valence-corrected chi connectivity index (χ3v) is 3.09. The highest BCUT2D eigenvalue weighted by atomic mass is 15.5. The summed E-state index contributed by atoms with van der Waals surface area (Å²) in [5.41, 5.74) is 5.59. The molecule has 4 heteroatoms. The lowest BCUT2D eigenvalue weighted by Crippen LogP contribution is -2.22. The van der Waals surface area contributed by atoms with Gasteiger partial charge >= 0.3 is 0 Å².